The fourth-order valence-corrected chi connectivity index (χ4v) is 3.82. The van der Waals surface area contributed by atoms with Crippen LogP contribution in [-0.4, -0.2) is 18.9 Å². The number of methoxy groups -OCH3 is 1. The minimum absolute atomic E-state index is 0.0594. The third kappa shape index (κ3) is 6.18. The fourth-order valence-electron chi connectivity index (χ4n) is 3.82. The van der Waals surface area contributed by atoms with Gasteiger partial charge in [-0.1, -0.05) is 54.6 Å². The predicted octanol–water partition coefficient (Wildman–Crippen LogP) is 5.56. The number of hydrogen-bond donors (Lipinski definition) is 1. The number of carbonyl (C=O) groups is 2. The molecule has 0 fully saturated rings. The number of benzene rings is 3. The Morgan fingerprint density at radius 1 is 0.886 bits per heavy atom. The second-order valence-electron chi connectivity index (χ2n) is 8.26. The van der Waals surface area contributed by atoms with Gasteiger partial charge in [-0.15, -0.1) is 0 Å². The molecule has 1 aromatic heterocycles. The molecule has 4 rings (SSSR count). The average Bonchev–Trinajstić information content (AvgIpc) is 3.43. The molecule has 0 aliphatic heterocycles. The number of nitrogens with one attached hydrogen (secondary N) is 1. The number of ether oxygens (including phenoxy) is 1. The van der Waals surface area contributed by atoms with Gasteiger partial charge in [0, 0.05) is 5.69 Å². The van der Waals surface area contributed by atoms with Gasteiger partial charge in [0.15, 0.2) is 5.76 Å². The second kappa shape index (κ2) is 11.2. The lowest BCUT2D eigenvalue weighted by Gasteiger charge is -2.22. The van der Waals surface area contributed by atoms with Crippen molar-refractivity contribution in [3.05, 3.63) is 120 Å². The van der Waals surface area contributed by atoms with Crippen molar-refractivity contribution in [3.8, 4) is 5.75 Å². The fraction of sp³-hybridized carbons (Fsp3) is 0.172. The predicted molar refractivity (Wildman–Crippen MR) is 135 cm³/mol. The van der Waals surface area contributed by atoms with E-state index >= 15 is 0 Å². The van der Waals surface area contributed by atoms with Crippen molar-refractivity contribution in [2.45, 2.75) is 25.9 Å². The molecule has 1 N–H and O–H groups in total. The lowest BCUT2D eigenvalue weighted by atomic mass is 10.1. The number of anilines is 1. The average molecular weight is 469 g/mol. The number of rotatable bonds is 9. The maximum absolute atomic E-state index is 13.2. The molecule has 178 valence electrons. The maximum Gasteiger partial charge on any atom is 0.294 e. The monoisotopic (exact) mass is 468 g/mol. The minimum Gasteiger partial charge on any atom is -0.497 e. The van der Waals surface area contributed by atoms with Gasteiger partial charge in [0.2, 0.25) is 5.91 Å². The van der Waals surface area contributed by atoms with E-state index in [9.17, 15) is 9.59 Å². The molecule has 0 unspecified atom stereocenters. The highest BCUT2D eigenvalue weighted by molar-refractivity contribution is 6.04. The van der Waals surface area contributed by atoms with Crippen LogP contribution in [0, 0.1) is 0 Å². The molecule has 1 atom stereocenters. The highest BCUT2D eigenvalue weighted by Gasteiger charge is 2.21. The molecule has 6 heteroatoms. The van der Waals surface area contributed by atoms with Crippen LogP contribution in [0.15, 0.2) is 102 Å². The third-order valence-electron chi connectivity index (χ3n) is 5.77. The molecule has 0 saturated carbocycles. The molecule has 6 nitrogen and oxygen atoms in total. The maximum atomic E-state index is 13.2. The van der Waals surface area contributed by atoms with Gasteiger partial charge in [0.1, 0.15) is 5.75 Å². The number of hydrogen-bond acceptors (Lipinski definition) is 4. The van der Waals surface area contributed by atoms with Gasteiger partial charge in [0.25, 0.3) is 5.91 Å². The summed E-state index contributed by atoms with van der Waals surface area (Å²) in [6, 6.07) is 28.2. The molecule has 0 radical (unpaired) electrons. The van der Waals surface area contributed by atoms with E-state index in [0.29, 0.717) is 12.2 Å². The minimum atomic E-state index is -0.243. The van der Waals surface area contributed by atoms with Crippen molar-refractivity contribution in [2.24, 2.45) is 0 Å². The van der Waals surface area contributed by atoms with E-state index in [1.807, 2.05) is 85.8 Å². The Bertz CT molecular complexity index is 1230. The van der Waals surface area contributed by atoms with Crippen LogP contribution in [0.5, 0.6) is 5.75 Å². The summed E-state index contributed by atoms with van der Waals surface area (Å²) in [6.07, 6.45) is 1.74. The SMILES string of the molecule is COc1ccc(CN(C(=O)c2ccco2)c2ccc(CC(=O)N[C@H](C)c3ccccc3)cc2)cc1. The molecule has 0 aliphatic carbocycles. The van der Waals surface area contributed by atoms with E-state index in [4.69, 9.17) is 9.15 Å². The highest BCUT2D eigenvalue weighted by atomic mass is 16.5. The molecule has 3 aromatic carbocycles. The Balaban J connectivity index is 1.47. The first-order chi connectivity index (χ1) is 17.0. The van der Waals surface area contributed by atoms with Crippen molar-refractivity contribution in [1.29, 1.82) is 0 Å². The summed E-state index contributed by atoms with van der Waals surface area (Å²) in [5, 5.41) is 3.03. The molecule has 35 heavy (non-hydrogen) atoms. The summed E-state index contributed by atoms with van der Waals surface area (Å²) in [7, 11) is 1.62. The normalized spacial score (nSPS) is 11.5. The van der Waals surface area contributed by atoms with Crippen molar-refractivity contribution < 1.29 is 18.7 Å². The van der Waals surface area contributed by atoms with Gasteiger partial charge >= 0.3 is 0 Å². The molecule has 2 amide bonds. The van der Waals surface area contributed by atoms with Crippen molar-refractivity contribution >= 4 is 17.5 Å². The van der Waals surface area contributed by atoms with Crippen LogP contribution in [0.1, 0.15) is 40.2 Å². The van der Waals surface area contributed by atoms with Crippen LogP contribution >= 0.6 is 0 Å². The highest BCUT2D eigenvalue weighted by Crippen LogP contribution is 2.23. The van der Waals surface area contributed by atoms with E-state index in [1.165, 1.54) is 6.26 Å². The third-order valence-corrected chi connectivity index (χ3v) is 5.77. The Labute approximate surface area is 205 Å². The molecular weight excluding hydrogens is 440 g/mol. The van der Waals surface area contributed by atoms with E-state index < -0.39 is 0 Å². The summed E-state index contributed by atoms with van der Waals surface area (Å²) in [4.78, 5) is 27.4. The van der Waals surface area contributed by atoms with Crippen LogP contribution in [-0.2, 0) is 17.8 Å². The summed E-state index contributed by atoms with van der Waals surface area (Å²) < 4.78 is 10.6. The molecular formula is C29H28N2O4. The Kier molecular flexibility index (Phi) is 7.63. The van der Waals surface area contributed by atoms with E-state index in [0.717, 1.165) is 22.4 Å². The molecule has 0 aliphatic rings. The van der Waals surface area contributed by atoms with E-state index in [2.05, 4.69) is 5.32 Å². The summed E-state index contributed by atoms with van der Waals surface area (Å²) in [6.45, 7) is 2.32. The number of amides is 2. The quantitative estimate of drug-likeness (QED) is 0.349. The first kappa shape index (κ1) is 23.8. The Morgan fingerprint density at radius 3 is 2.20 bits per heavy atom. The summed E-state index contributed by atoms with van der Waals surface area (Å²) >= 11 is 0. The van der Waals surface area contributed by atoms with Crippen molar-refractivity contribution in [2.75, 3.05) is 12.0 Å². The summed E-state index contributed by atoms with van der Waals surface area (Å²) in [5.74, 6) is 0.711. The van der Waals surface area contributed by atoms with Crippen LogP contribution in [0.3, 0.4) is 0 Å². The van der Waals surface area contributed by atoms with Gasteiger partial charge < -0.3 is 19.4 Å². The van der Waals surface area contributed by atoms with Gasteiger partial charge in [-0.3, -0.25) is 9.59 Å². The number of carbonyl (C=O) groups excluding carboxylic acids is 2. The molecule has 0 saturated heterocycles. The zero-order valence-electron chi connectivity index (χ0n) is 19.8. The van der Waals surface area contributed by atoms with Gasteiger partial charge in [0.05, 0.1) is 32.4 Å². The van der Waals surface area contributed by atoms with Crippen LogP contribution in [0.4, 0.5) is 5.69 Å². The molecule has 1 heterocycles. The lowest BCUT2D eigenvalue weighted by Crippen LogP contribution is -2.30. The lowest BCUT2D eigenvalue weighted by molar-refractivity contribution is -0.121. The van der Waals surface area contributed by atoms with Crippen LogP contribution in [0.2, 0.25) is 0 Å². The zero-order chi connectivity index (χ0) is 24.6. The standard InChI is InChI=1S/C29H28N2O4/c1-21(24-7-4-3-5-8-24)30-28(32)19-22-10-14-25(15-11-22)31(29(33)27-9-6-18-35-27)20-23-12-16-26(34-2)17-13-23/h3-18,21H,19-20H2,1-2H3,(H,30,32)/t21-/m1/s1. The second-order valence-corrected chi connectivity index (χ2v) is 8.26. The van der Waals surface area contributed by atoms with Gasteiger partial charge in [-0.2, -0.15) is 0 Å². The number of furan rings is 1. The van der Waals surface area contributed by atoms with Crippen LogP contribution < -0.4 is 15.0 Å². The van der Waals surface area contributed by atoms with Gasteiger partial charge in [-0.25, -0.2) is 0 Å². The first-order valence-corrected chi connectivity index (χ1v) is 11.4. The van der Waals surface area contributed by atoms with Crippen LogP contribution in [0.25, 0.3) is 0 Å². The Morgan fingerprint density at radius 2 is 1.57 bits per heavy atom. The summed E-state index contributed by atoms with van der Waals surface area (Å²) in [5.41, 5.74) is 3.58. The Hall–Kier alpha value is -4.32. The topological polar surface area (TPSA) is 71.8 Å². The van der Waals surface area contributed by atoms with E-state index in [-0.39, 0.29) is 30.0 Å². The first-order valence-electron chi connectivity index (χ1n) is 11.4. The molecule has 4 aromatic rings. The molecule has 0 spiro atoms. The zero-order valence-corrected chi connectivity index (χ0v) is 19.8. The smallest absolute Gasteiger partial charge is 0.294 e. The van der Waals surface area contributed by atoms with Crippen molar-refractivity contribution in [1.82, 2.24) is 5.32 Å². The molecule has 0 bridgehead atoms. The van der Waals surface area contributed by atoms with E-state index in [1.54, 1.807) is 24.1 Å². The van der Waals surface area contributed by atoms with Crippen molar-refractivity contribution in [3.63, 3.8) is 0 Å². The number of nitrogens with zero attached hydrogens (tertiary/aromatic N) is 1. The van der Waals surface area contributed by atoms with Gasteiger partial charge in [-0.05, 0) is 60.0 Å². The largest absolute Gasteiger partial charge is 0.497 e.